The van der Waals surface area contributed by atoms with E-state index < -0.39 is 0 Å². The molecular weight excluding hydrogens is 338 g/mol. The van der Waals surface area contributed by atoms with Crippen molar-refractivity contribution in [2.24, 2.45) is 0 Å². The monoisotopic (exact) mass is 367 g/mol. The van der Waals surface area contributed by atoms with Gasteiger partial charge in [0.2, 0.25) is 0 Å². The van der Waals surface area contributed by atoms with E-state index in [1.54, 1.807) is 6.08 Å². The van der Waals surface area contributed by atoms with Crippen molar-refractivity contribution in [3.63, 3.8) is 0 Å². The molecule has 0 fully saturated rings. The van der Waals surface area contributed by atoms with Gasteiger partial charge in [-0.2, -0.15) is 0 Å². The van der Waals surface area contributed by atoms with Crippen molar-refractivity contribution in [3.8, 4) is 17.2 Å². The van der Waals surface area contributed by atoms with Crippen LogP contribution in [0.4, 0.5) is 5.69 Å². The molecule has 0 atom stereocenters. The highest BCUT2D eigenvalue weighted by atomic mass is 16.5. The summed E-state index contributed by atoms with van der Waals surface area (Å²) in [6.07, 6.45) is 4.31. The summed E-state index contributed by atoms with van der Waals surface area (Å²) in [5.41, 5.74) is 3.21. The average molecular weight is 367 g/mol. The molecule has 0 aliphatic heterocycles. The van der Waals surface area contributed by atoms with Gasteiger partial charge in [-0.25, -0.2) is 0 Å². The molecule has 0 aliphatic rings. The number of nitrogens with one attached hydrogen (secondary N) is 1. The fourth-order valence-electron chi connectivity index (χ4n) is 2.74. The van der Waals surface area contributed by atoms with Crippen LogP contribution in [0.3, 0.4) is 0 Å². The van der Waals surface area contributed by atoms with Gasteiger partial charge in [-0.15, -0.1) is 6.58 Å². The highest BCUT2D eigenvalue weighted by molar-refractivity contribution is 5.52. The fraction of sp³-hybridized carbons (Fsp3) is 0.304. The van der Waals surface area contributed by atoms with Gasteiger partial charge in [0.1, 0.15) is 12.4 Å². The Morgan fingerprint density at radius 2 is 1.67 bits per heavy atom. The number of rotatable bonds is 12. The number of hydrogen-bond donors (Lipinski definition) is 1. The molecule has 27 heavy (non-hydrogen) atoms. The minimum absolute atomic E-state index is 0.438. The van der Waals surface area contributed by atoms with Crippen LogP contribution in [0.1, 0.15) is 25.0 Å². The smallest absolute Gasteiger partial charge is 0.165 e. The summed E-state index contributed by atoms with van der Waals surface area (Å²) in [5.74, 6) is 2.39. The fourth-order valence-corrected chi connectivity index (χ4v) is 2.74. The SMILES string of the molecule is C=CCOc1c(CC=C)cc(CNc2ccc(OCC)cc2)cc1OCC. The maximum atomic E-state index is 5.85. The van der Waals surface area contributed by atoms with E-state index in [4.69, 9.17) is 14.2 Å². The zero-order chi connectivity index (χ0) is 19.5. The molecule has 4 nitrogen and oxygen atoms in total. The standard InChI is InChI=1S/C23H29NO3/c1-5-9-19-15-18(16-22(26-8-4)23(19)27-14-6-2)17-24-20-10-12-21(13-11-20)25-7-3/h5-6,10-13,15-16,24H,1-2,7-9,14,17H2,3-4H3. The third-order valence-electron chi connectivity index (χ3n) is 3.86. The minimum atomic E-state index is 0.438. The van der Waals surface area contributed by atoms with E-state index in [1.807, 2.05) is 50.3 Å². The van der Waals surface area contributed by atoms with Crippen molar-refractivity contribution in [2.75, 3.05) is 25.1 Å². The molecule has 0 unspecified atom stereocenters. The van der Waals surface area contributed by atoms with Gasteiger partial charge in [-0.3, -0.25) is 0 Å². The Kier molecular flexibility index (Phi) is 8.30. The quantitative estimate of drug-likeness (QED) is 0.511. The first kappa shape index (κ1) is 20.4. The lowest BCUT2D eigenvalue weighted by molar-refractivity contribution is 0.294. The normalized spacial score (nSPS) is 10.1. The van der Waals surface area contributed by atoms with Crippen LogP contribution in [0.15, 0.2) is 61.7 Å². The van der Waals surface area contributed by atoms with Crippen LogP contribution in [0.2, 0.25) is 0 Å². The third-order valence-corrected chi connectivity index (χ3v) is 3.86. The summed E-state index contributed by atoms with van der Waals surface area (Å²) in [7, 11) is 0. The van der Waals surface area contributed by atoms with Gasteiger partial charge in [0.05, 0.1) is 13.2 Å². The first-order valence-electron chi connectivity index (χ1n) is 9.31. The van der Waals surface area contributed by atoms with E-state index >= 15 is 0 Å². The minimum Gasteiger partial charge on any atom is -0.494 e. The van der Waals surface area contributed by atoms with Gasteiger partial charge < -0.3 is 19.5 Å². The Morgan fingerprint density at radius 3 is 2.30 bits per heavy atom. The van der Waals surface area contributed by atoms with Gasteiger partial charge >= 0.3 is 0 Å². The molecule has 0 aromatic heterocycles. The molecule has 4 heteroatoms. The van der Waals surface area contributed by atoms with Crippen molar-refractivity contribution in [3.05, 3.63) is 72.8 Å². The van der Waals surface area contributed by atoms with Crippen LogP contribution in [-0.2, 0) is 13.0 Å². The Balaban J connectivity index is 2.19. The van der Waals surface area contributed by atoms with Gasteiger partial charge in [-0.1, -0.05) is 18.7 Å². The first-order chi connectivity index (χ1) is 13.2. The van der Waals surface area contributed by atoms with Crippen LogP contribution >= 0.6 is 0 Å². The van der Waals surface area contributed by atoms with Crippen molar-refractivity contribution in [1.29, 1.82) is 0 Å². The van der Waals surface area contributed by atoms with Gasteiger partial charge in [0.15, 0.2) is 11.5 Å². The lowest BCUT2D eigenvalue weighted by atomic mass is 10.1. The highest BCUT2D eigenvalue weighted by Gasteiger charge is 2.13. The summed E-state index contributed by atoms with van der Waals surface area (Å²) in [6.45, 7) is 13.9. The molecule has 144 valence electrons. The van der Waals surface area contributed by atoms with Crippen molar-refractivity contribution >= 4 is 5.69 Å². The van der Waals surface area contributed by atoms with Crippen LogP contribution in [0.5, 0.6) is 17.2 Å². The molecular formula is C23H29NO3. The van der Waals surface area contributed by atoms with E-state index in [9.17, 15) is 0 Å². The Labute approximate surface area is 162 Å². The first-order valence-corrected chi connectivity index (χ1v) is 9.31. The number of hydrogen-bond acceptors (Lipinski definition) is 4. The topological polar surface area (TPSA) is 39.7 Å². The largest absolute Gasteiger partial charge is 0.494 e. The van der Waals surface area contributed by atoms with Crippen molar-refractivity contribution in [1.82, 2.24) is 0 Å². The predicted octanol–water partition coefficient (Wildman–Crippen LogP) is 5.39. The molecule has 0 aliphatic carbocycles. The van der Waals surface area contributed by atoms with Gasteiger partial charge in [-0.05, 0) is 62.2 Å². The van der Waals surface area contributed by atoms with Crippen molar-refractivity contribution in [2.45, 2.75) is 26.8 Å². The summed E-state index contributed by atoms with van der Waals surface area (Å²) in [4.78, 5) is 0. The van der Waals surface area contributed by atoms with E-state index in [0.717, 1.165) is 34.1 Å². The Bertz CT molecular complexity index is 738. The van der Waals surface area contributed by atoms with E-state index in [1.165, 1.54) is 0 Å². The number of benzene rings is 2. The van der Waals surface area contributed by atoms with Crippen LogP contribution in [-0.4, -0.2) is 19.8 Å². The summed E-state index contributed by atoms with van der Waals surface area (Å²) < 4.78 is 17.1. The maximum absolute atomic E-state index is 5.85. The summed E-state index contributed by atoms with van der Waals surface area (Å²) in [6, 6.07) is 12.1. The molecule has 2 rings (SSSR count). The lowest BCUT2D eigenvalue weighted by Crippen LogP contribution is -2.06. The molecule has 0 saturated heterocycles. The van der Waals surface area contributed by atoms with Gasteiger partial charge in [0.25, 0.3) is 0 Å². The molecule has 0 radical (unpaired) electrons. The van der Waals surface area contributed by atoms with Crippen LogP contribution in [0.25, 0.3) is 0 Å². The molecule has 1 N–H and O–H groups in total. The van der Waals surface area contributed by atoms with Crippen molar-refractivity contribution < 1.29 is 14.2 Å². The molecule has 2 aromatic carbocycles. The second-order valence-electron chi connectivity index (χ2n) is 5.92. The number of ether oxygens (including phenoxy) is 3. The second kappa shape index (κ2) is 11.0. The maximum Gasteiger partial charge on any atom is 0.165 e. The van der Waals surface area contributed by atoms with Crippen LogP contribution in [0, 0.1) is 0 Å². The molecule has 0 spiro atoms. The summed E-state index contributed by atoms with van der Waals surface area (Å²) in [5, 5.41) is 3.44. The molecule has 0 bridgehead atoms. The zero-order valence-corrected chi connectivity index (χ0v) is 16.3. The Morgan fingerprint density at radius 1 is 0.926 bits per heavy atom. The van der Waals surface area contributed by atoms with E-state index in [2.05, 4.69) is 24.5 Å². The van der Waals surface area contributed by atoms with Crippen LogP contribution < -0.4 is 19.5 Å². The van der Waals surface area contributed by atoms with E-state index in [-0.39, 0.29) is 0 Å². The molecule has 0 heterocycles. The van der Waals surface area contributed by atoms with E-state index in [0.29, 0.717) is 32.8 Å². The third kappa shape index (κ3) is 6.10. The summed E-state index contributed by atoms with van der Waals surface area (Å²) >= 11 is 0. The average Bonchev–Trinajstić information content (AvgIpc) is 2.67. The molecule has 2 aromatic rings. The molecule has 0 amide bonds. The van der Waals surface area contributed by atoms with Gasteiger partial charge in [0, 0.05) is 17.8 Å². The number of anilines is 1. The molecule has 0 saturated carbocycles. The second-order valence-corrected chi connectivity index (χ2v) is 5.92. The Hall–Kier alpha value is -2.88. The lowest BCUT2D eigenvalue weighted by Gasteiger charge is -2.17. The number of allylic oxidation sites excluding steroid dienone is 1. The highest BCUT2D eigenvalue weighted by Crippen LogP contribution is 2.34. The zero-order valence-electron chi connectivity index (χ0n) is 16.3. The predicted molar refractivity (Wildman–Crippen MR) is 112 cm³/mol.